The second kappa shape index (κ2) is 7.13. The molecule has 0 unspecified atom stereocenters. The fourth-order valence-electron chi connectivity index (χ4n) is 2.53. The molecular formula is C19H22F3NO3. The van der Waals surface area contributed by atoms with E-state index in [9.17, 15) is 22.8 Å². The fourth-order valence-corrected chi connectivity index (χ4v) is 2.53. The number of likely N-dealkylation sites (tertiary alicyclic amines) is 1. The highest BCUT2D eigenvalue weighted by atomic mass is 19.4. The molecule has 7 heteroatoms. The van der Waals surface area contributed by atoms with Gasteiger partial charge in [0.1, 0.15) is 5.60 Å². The SMILES string of the molecule is CC(=O)c1cc(C(F)(F)F)ccc1/C=C/C1CN(C(=O)OC(C)(C)C)C1. The van der Waals surface area contributed by atoms with E-state index in [1.54, 1.807) is 37.8 Å². The minimum absolute atomic E-state index is 0.0272. The summed E-state index contributed by atoms with van der Waals surface area (Å²) in [6.07, 6.45) is -1.45. The molecule has 0 radical (unpaired) electrons. The first kappa shape index (κ1) is 20.0. The van der Waals surface area contributed by atoms with E-state index < -0.39 is 23.1 Å². The monoisotopic (exact) mass is 369 g/mol. The Balaban J connectivity index is 2.04. The molecule has 1 aliphatic heterocycles. The summed E-state index contributed by atoms with van der Waals surface area (Å²) in [6.45, 7) is 7.55. The van der Waals surface area contributed by atoms with Crippen LogP contribution in [0, 0.1) is 5.92 Å². The van der Waals surface area contributed by atoms with E-state index in [2.05, 4.69) is 0 Å². The third-order valence-corrected chi connectivity index (χ3v) is 3.87. The van der Waals surface area contributed by atoms with Gasteiger partial charge < -0.3 is 9.64 Å². The molecule has 0 atom stereocenters. The second-order valence-electron chi connectivity index (χ2n) is 7.36. The molecular weight excluding hydrogens is 347 g/mol. The van der Waals surface area contributed by atoms with Crippen molar-refractivity contribution in [2.45, 2.75) is 39.5 Å². The lowest BCUT2D eigenvalue weighted by atomic mass is 9.96. The highest BCUT2D eigenvalue weighted by molar-refractivity contribution is 5.97. The summed E-state index contributed by atoms with van der Waals surface area (Å²) in [5.74, 6) is -0.357. The van der Waals surface area contributed by atoms with Gasteiger partial charge in [-0.3, -0.25) is 4.79 Å². The molecule has 1 aromatic carbocycles. The first-order chi connectivity index (χ1) is 11.9. The topological polar surface area (TPSA) is 46.6 Å². The molecule has 0 spiro atoms. The van der Waals surface area contributed by atoms with Gasteiger partial charge in [-0.05, 0) is 45.4 Å². The Hall–Kier alpha value is -2.31. The minimum atomic E-state index is -4.49. The van der Waals surface area contributed by atoms with Crippen molar-refractivity contribution in [3.05, 3.63) is 41.0 Å². The molecule has 1 fully saturated rings. The lowest BCUT2D eigenvalue weighted by Crippen LogP contribution is -2.50. The maximum atomic E-state index is 12.8. The van der Waals surface area contributed by atoms with Gasteiger partial charge in [-0.2, -0.15) is 13.2 Å². The van der Waals surface area contributed by atoms with E-state index in [4.69, 9.17) is 4.74 Å². The zero-order chi connectivity index (χ0) is 19.7. The summed E-state index contributed by atoms with van der Waals surface area (Å²) in [6, 6.07) is 3.12. The number of benzene rings is 1. The molecule has 4 nitrogen and oxygen atoms in total. The van der Waals surface area contributed by atoms with Gasteiger partial charge >= 0.3 is 12.3 Å². The van der Waals surface area contributed by atoms with Crippen LogP contribution in [0.1, 0.15) is 49.2 Å². The number of rotatable bonds is 3. The number of carbonyl (C=O) groups excluding carboxylic acids is 2. The Morgan fingerprint density at radius 1 is 1.19 bits per heavy atom. The molecule has 0 N–H and O–H groups in total. The number of ether oxygens (including phenoxy) is 1. The first-order valence-corrected chi connectivity index (χ1v) is 8.25. The van der Waals surface area contributed by atoms with E-state index in [0.717, 1.165) is 12.1 Å². The van der Waals surface area contributed by atoms with Gasteiger partial charge in [0.25, 0.3) is 0 Å². The fraction of sp³-hybridized carbons (Fsp3) is 0.474. The number of Topliss-reactive ketones (excluding diaryl/α,β-unsaturated/α-hetero) is 1. The number of ketones is 1. The van der Waals surface area contributed by atoms with Crippen LogP contribution >= 0.6 is 0 Å². The van der Waals surface area contributed by atoms with Crippen molar-refractivity contribution in [1.29, 1.82) is 0 Å². The van der Waals surface area contributed by atoms with Crippen LogP contribution in [0.25, 0.3) is 6.08 Å². The zero-order valence-corrected chi connectivity index (χ0v) is 15.2. The minimum Gasteiger partial charge on any atom is -0.444 e. The van der Waals surface area contributed by atoms with Crippen molar-refractivity contribution < 1.29 is 27.5 Å². The molecule has 1 aromatic rings. The van der Waals surface area contributed by atoms with Gasteiger partial charge in [0.2, 0.25) is 0 Å². The Morgan fingerprint density at radius 3 is 2.31 bits per heavy atom. The van der Waals surface area contributed by atoms with Crippen molar-refractivity contribution in [2.75, 3.05) is 13.1 Å². The van der Waals surface area contributed by atoms with Gasteiger partial charge in [0, 0.05) is 24.6 Å². The lowest BCUT2D eigenvalue weighted by molar-refractivity contribution is -0.137. The number of hydrogen-bond acceptors (Lipinski definition) is 3. The normalized spacial score (nSPS) is 15.9. The molecule has 0 bridgehead atoms. The van der Waals surface area contributed by atoms with Crippen molar-refractivity contribution in [3.8, 4) is 0 Å². The largest absolute Gasteiger partial charge is 0.444 e. The van der Waals surface area contributed by atoms with Crippen LogP contribution in [0.2, 0.25) is 0 Å². The molecule has 1 saturated heterocycles. The van der Waals surface area contributed by atoms with E-state index in [-0.39, 0.29) is 17.6 Å². The number of nitrogens with zero attached hydrogens (tertiary/aromatic N) is 1. The number of alkyl halides is 3. The summed E-state index contributed by atoms with van der Waals surface area (Å²) in [4.78, 5) is 25.1. The molecule has 1 heterocycles. The Bertz CT molecular complexity index is 727. The molecule has 2 rings (SSSR count). The van der Waals surface area contributed by atoms with Gasteiger partial charge in [-0.25, -0.2) is 4.79 Å². The molecule has 1 aliphatic rings. The quantitative estimate of drug-likeness (QED) is 0.720. The highest BCUT2D eigenvalue weighted by Gasteiger charge is 2.33. The Labute approximate surface area is 150 Å². The number of hydrogen-bond donors (Lipinski definition) is 0. The summed E-state index contributed by atoms with van der Waals surface area (Å²) in [5.41, 5.74) is -0.950. The van der Waals surface area contributed by atoms with Crippen LogP contribution in [0.15, 0.2) is 24.3 Å². The summed E-state index contributed by atoms with van der Waals surface area (Å²) in [7, 11) is 0. The number of halogens is 3. The summed E-state index contributed by atoms with van der Waals surface area (Å²) in [5, 5.41) is 0. The maximum absolute atomic E-state index is 12.8. The van der Waals surface area contributed by atoms with E-state index in [1.807, 2.05) is 0 Å². The molecule has 0 saturated carbocycles. The molecule has 26 heavy (non-hydrogen) atoms. The summed E-state index contributed by atoms with van der Waals surface area (Å²) >= 11 is 0. The van der Waals surface area contributed by atoms with Gasteiger partial charge in [0.05, 0.1) is 5.56 Å². The summed E-state index contributed by atoms with van der Waals surface area (Å²) < 4.78 is 43.7. The van der Waals surface area contributed by atoms with Crippen LogP contribution in [0.5, 0.6) is 0 Å². The van der Waals surface area contributed by atoms with Crippen molar-refractivity contribution >= 4 is 18.0 Å². The third-order valence-electron chi connectivity index (χ3n) is 3.87. The average Bonchev–Trinajstić information content (AvgIpc) is 2.42. The van der Waals surface area contributed by atoms with Crippen LogP contribution < -0.4 is 0 Å². The van der Waals surface area contributed by atoms with Gasteiger partial charge in [0.15, 0.2) is 5.78 Å². The highest BCUT2D eigenvalue weighted by Crippen LogP contribution is 2.31. The first-order valence-electron chi connectivity index (χ1n) is 8.25. The molecule has 0 aliphatic carbocycles. The van der Waals surface area contributed by atoms with Crippen LogP contribution in [-0.2, 0) is 10.9 Å². The Morgan fingerprint density at radius 2 is 1.81 bits per heavy atom. The van der Waals surface area contributed by atoms with Crippen LogP contribution in [0.3, 0.4) is 0 Å². The maximum Gasteiger partial charge on any atom is 0.416 e. The van der Waals surface area contributed by atoms with Gasteiger partial charge in [-0.15, -0.1) is 0 Å². The van der Waals surface area contributed by atoms with E-state index >= 15 is 0 Å². The smallest absolute Gasteiger partial charge is 0.416 e. The van der Waals surface area contributed by atoms with Crippen LogP contribution in [-0.4, -0.2) is 35.5 Å². The standard InChI is InChI=1S/C19H22F3NO3/c1-12(24)16-9-15(19(20,21)22)8-7-14(16)6-5-13-10-23(11-13)17(25)26-18(2,3)4/h5-9,13H,10-11H2,1-4H3/b6-5+. The molecule has 0 aromatic heterocycles. The van der Waals surface area contributed by atoms with Gasteiger partial charge in [-0.1, -0.05) is 18.2 Å². The Kier molecular flexibility index (Phi) is 5.49. The van der Waals surface area contributed by atoms with Crippen molar-refractivity contribution in [1.82, 2.24) is 4.90 Å². The molecule has 142 valence electrons. The average molecular weight is 369 g/mol. The zero-order valence-electron chi connectivity index (χ0n) is 15.2. The lowest BCUT2D eigenvalue weighted by Gasteiger charge is -2.38. The second-order valence-corrected chi connectivity index (χ2v) is 7.36. The predicted molar refractivity (Wildman–Crippen MR) is 91.8 cm³/mol. The van der Waals surface area contributed by atoms with Crippen molar-refractivity contribution in [2.24, 2.45) is 5.92 Å². The van der Waals surface area contributed by atoms with E-state index in [1.165, 1.54) is 13.0 Å². The number of amides is 1. The predicted octanol–water partition coefficient (Wildman–Crippen LogP) is 4.79. The van der Waals surface area contributed by atoms with Crippen molar-refractivity contribution in [3.63, 3.8) is 0 Å². The molecule has 1 amide bonds. The third kappa shape index (κ3) is 5.09. The van der Waals surface area contributed by atoms with E-state index in [0.29, 0.717) is 18.7 Å². The number of carbonyl (C=O) groups is 2. The van der Waals surface area contributed by atoms with Crippen LogP contribution in [0.4, 0.5) is 18.0 Å².